The third-order valence-electron chi connectivity index (χ3n) is 3.69. The molecule has 1 heterocycles. The molecule has 0 bridgehead atoms. The van der Waals surface area contributed by atoms with Gasteiger partial charge in [-0.15, -0.1) is 0 Å². The molecule has 19 heavy (non-hydrogen) atoms. The predicted octanol–water partition coefficient (Wildman–Crippen LogP) is 2.89. The smallest absolute Gasteiger partial charge is 0.335 e. The highest BCUT2D eigenvalue weighted by Crippen LogP contribution is 2.31. The van der Waals surface area contributed by atoms with Crippen LogP contribution in [0.1, 0.15) is 38.7 Å². The molecule has 1 aliphatic rings. The van der Waals surface area contributed by atoms with E-state index >= 15 is 0 Å². The Bertz CT molecular complexity index is 649. The van der Waals surface area contributed by atoms with Crippen LogP contribution in [0.15, 0.2) is 42.5 Å². The molecule has 3 nitrogen and oxygen atoms in total. The monoisotopic (exact) mass is 253 g/mol. The van der Waals surface area contributed by atoms with Crippen LogP contribution in [0.3, 0.4) is 0 Å². The summed E-state index contributed by atoms with van der Waals surface area (Å²) in [6.07, 6.45) is 0. The Morgan fingerprint density at radius 1 is 1.26 bits per heavy atom. The van der Waals surface area contributed by atoms with Gasteiger partial charge in [0.25, 0.3) is 0 Å². The summed E-state index contributed by atoms with van der Waals surface area (Å²) in [5.41, 5.74) is 4.70. The van der Waals surface area contributed by atoms with E-state index in [-0.39, 0.29) is 6.04 Å². The number of carboxylic acid groups (broad SMARTS) is 1. The number of aryl methyl sites for hydroxylation is 1. The van der Waals surface area contributed by atoms with Crippen molar-refractivity contribution in [3.05, 3.63) is 70.3 Å². The van der Waals surface area contributed by atoms with Crippen molar-refractivity contribution >= 4 is 5.97 Å². The summed E-state index contributed by atoms with van der Waals surface area (Å²) in [4.78, 5) is 11.2. The van der Waals surface area contributed by atoms with E-state index in [0.29, 0.717) is 5.56 Å². The molecular weight excluding hydrogens is 238 g/mol. The zero-order valence-electron chi connectivity index (χ0n) is 10.7. The number of carbonyl (C=O) groups is 1. The van der Waals surface area contributed by atoms with E-state index < -0.39 is 5.97 Å². The highest BCUT2D eigenvalue weighted by atomic mass is 16.4. The van der Waals surface area contributed by atoms with E-state index in [9.17, 15) is 9.90 Å². The first-order valence-corrected chi connectivity index (χ1v) is 6.32. The molecule has 1 aliphatic heterocycles. The topological polar surface area (TPSA) is 49.3 Å². The summed E-state index contributed by atoms with van der Waals surface area (Å²) in [5, 5.41) is 12.6. The van der Waals surface area contributed by atoms with Crippen LogP contribution in [-0.2, 0) is 6.54 Å². The molecule has 0 aliphatic carbocycles. The first-order chi connectivity index (χ1) is 9.16. The van der Waals surface area contributed by atoms with Gasteiger partial charge in [0.2, 0.25) is 0 Å². The number of hydrogen-bond acceptors (Lipinski definition) is 2. The molecule has 0 saturated heterocycles. The van der Waals surface area contributed by atoms with Gasteiger partial charge in [-0.3, -0.25) is 0 Å². The van der Waals surface area contributed by atoms with Crippen molar-refractivity contribution in [3.63, 3.8) is 0 Å². The molecular formula is C16H15NO2. The third-order valence-corrected chi connectivity index (χ3v) is 3.69. The maximum Gasteiger partial charge on any atom is 0.335 e. The largest absolute Gasteiger partial charge is 0.478 e. The molecule has 0 spiro atoms. The number of carboxylic acids is 1. The first-order valence-electron chi connectivity index (χ1n) is 6.32. The maximum absolute atomic E-state index is 11.2. The van der Waals surface area contributed by atoms with Crippen LogP contribution in [0.25, 0.3) is 0 Å². The molecule has 96 valence electrons. The Morgan fingerprint density at radius 2 is 2.05 bits per heavy atom. The second kappa shape index (κ2) is 4.52. The Hall–Kier alpha value is -2.13. The van der Waals surface area contributed by atoms with Crippen LogP contribution in [0.5, 0.6) is 0 Å². The molecule has 1 unspecified atom stereocenters. The van der Waals surface area contributed by atoms with Gasteiger partial charge in [-0.2, -0.15) is 0 Å². The SMILES string of the molecule is Cc1ccc(C2NCc3ccccc32)cc1C(=O)O. The molecule has 0 saturated carbocycles. The standard InChI is InChI=1S/C16H15NO2/c1-10-6-7-11(8-14(10)16(18)19)15-13-5-3-2-4-12(13)9-17-15/h2-8,15,17H,9H2,1H3,(H,18,19). The lowest BCUT2D eigenvalue weighted by atomic mass is 9.95. The third kappa shape index (κ3) is 2.02. The summed E-state index contributed by atoms with van der Waals surface area (Å²) in [5.74, 6) is -0.870. The van der Waals surface area contributed by atoms with Gasteiger partial charge in [-0.05, 0) is 35.2 Å². The molecule has 0 fully saturated rings. The van der Waals surface area contributed by atoms with Gasteiger partial charge in [0.15, 0.2) is 0 Å². The summed E-state index contributed by atoms with van der Waals surface area (Å²) in [6, 6.07) is 14.0. The van der Waals surface area contributed by atoms with Crippen LogP contribution in [-0.4, -0.2) is 11.1 Å². The minimum Gasteiger partial charge on any atom is -0.478 e. The van der Waals surface area contributed by atoms with E-state index in [1.165, 1.54) is 11.1 Å². The van der Waals surface area contributed by atoms with E-state index in [1.54, 1.807) is 6.07 Å². The van der Waals surface area contributed by atoms with Crippen LogP contribution in [0, 0.1) is 6.92 Å². The van der Waals surface area contributed by atoms with Gasteiger partial charge in [0.05, 0.1) is 11.6 Å². The van der Waals surface area contributed by atoms with Gasteiger partial charge >= 0.3 is 5.97 Å². The lowest BCUT2D eigenvalue weighted by molar-refractivity contribution is 0.0696. The normalized spacial score (nSPS) is 17.2. The lowest BCUT2D eigenvalue weighted by Crippen LogP contribution is -2.14. The Morgan fingerprint density at radius 3 is 2.84 bits per heavy atom. The van der Waals surface area contributed by atoms with Crippen molar-refractivity contribution in [1.29, 1.82) is 0 Å². The Balaban J connectivity index is 2.05. The van der Waals surface area contributed by atoms with Gasteiger partial charge < -0.3 is 10.4 Å². The van der Waals surface area contributed by atoms with Crippen molar-refractivity contribution in [2.75, 3.05) is 0 Å². The van der Waals surface area contributed by atoms with E-state index in [0.717, 1.165) is 17.7 Å². The highest BCUT2D eigenvalue weighted by Gasteiger charge is 2.23. The number of rotatable bonds is 2. The van der Waals surface area contributed by atoms with E-state index in [4.69, 9.17) is 0 Å². The number of aromatic carboxylic acids is 1. The highest BCUT2D eigenvalue weighted by molar-refractivity contribution is 5.89. The molecule has 2 aromatic carbocycles. The van der Waals surface area contributed by atoms with Crippen molar-refractivity contribution in [3.8, 4) is 0 Å². The summed E-state index contributed by atoms with van der Waals surface area (Å²) >= 11 is 0. The fraction of sp³-hybridized carbons (Fsp3) is 0.188. The molecule has 2 N–H and O–H groups in total. The zero-order chi connectivity index (χ0) is 13.4. The van der Waals surface area contributed by atoms with E-state index in [1.807, 2.05) is 31.2 Å². The molecule has 0 radical (unpaired) electrons. The van der Waals surface area contributed by atoms with Crippen molar-refractivity contribution < 1.29 is 9.90 Å². The molecule has 2 aromatic rings. The van der Waals surface area contributed by atoms with Crippen LogP contribution in [0.4, 0.5) is 0 Å². The summed E-state index contributed by atoms with van der Waals surface area (Å²) in [7, 11) is 0. The first kappa shape index (κ1) is 11.9. The van der Waals surface area contributed by atoms with Crippen LogP contribution in [0.2, 0.25) is 0 Å². The van der Waals surface area contributed by atoms with Crippen LogP contribution < -0.4 is 5.32 Å². The Kier molecular flexibility index (Phi) is 2.84. The van der Waals surface area contributed by atoms with Crippen molar-refractivity contribution in [2.45, 2.75) is 19.5 Å². The molecule has 3 rings (SSSR count). The van der Waals surface area contributed by atoms with Gasteiger partial charge in [-0.1, -0.05) is 36.4 Å². The molecule has 1 atom stereocenters. The minimum absolute atomic E-state index is 0.0925. The van der Waals surface area contributed by atoms with Crippen molar-refractivity contribution in [1.82, 2.24) is 5.32 Å². The quantitative estimate of drug-likeness (QED) is 0.865. The summed E-state index contributed by atoms with van der Waals surface area (Å²) < 4.78 is 0. The number of hydrogen-bond donors (Lipinski definition) is 2. The zero-order valence-corrected chi connectivity index (χ0v) is 10.7. The molecule has 3 heteroatoms. The Labute approximate surface area is 111 Å². The molecule has 0 amide bonds. The minimum atomic E-state index is -0.870. The predicted molar refractivity (Wildman–Crippen MR) is 73.3 cm³/mol. The average Bonchev–Trinajstić information content (AvgIpc) is 2.83. The molecule has 0 aromatic heterocycles. The van der Waals surface area contributed by atoms with Gasteiger partial charge in [-0.25, -0.2) is 4.79 Å². The van der Waals surface area contributed by atoms with Gasteiger partial charge in [0.1, 0.15) is 0 Å². The fourth-order valence-corrected chi connectivity index (χ4v) is 2.65. The van der Waals surface area contributed by atoms with E-state index in [2.05, 4.69) is 17.4 Å². The number of nitrogens with one attached hydrogen (secondary N) is 1. The van der Waals surface area contributed by atoms with Gasteiger partial charge in [0, 0.05) is 6.54 Å². The second-order valence-corrected chi connectivity index (χ2v) is 4.89. The van der Waals surface area contributed by atoms with Crippen LogP contribution >= 0.6 is 0 Å². The number of fused-ring (bicyclic) bond motifs is 1. The maximum atomic E-state index is 11.2. The fourth-order valence-electron chi connectivity index (χ4n) is 2.65. The van der Waals surface area contributed by atoms with Crippen molar-refractivity contribution in [2.24, 2.45) is 0 Å². The average molecular weight is 253 g/mol. The number of benzene rings is 2. The summed E-state index contributed by atoms with van der Waals surface area (Å²) in [6.45, 7) is 2.65. The second-order valence-electron chi connectivity index (χ2n) is 4.89. The lowest BCUT2D eigenvalue weighted by Gasteiger charge is -2.14.